The third kappa shape index (κ3) is 3.90. The van der Waals surface area contributed by atoms with Crippen molar-refractivity contribution >= 4 is 11.9 Å². The molecular formula is C23H21NO3. The van der Waals surface area contributed by atoms with Crippen LogP contribution in [0.5, 0.6) is 0 Å². The number of methoxy groups -OCH3 is 1. The summed E-state index contributed by atoms with van der Waals surface area (Å²) in [6.45, 7) is 1.97. The van der Waals surface area contributed by atoms with E-state index in [1.54, 1.807) is 18.2 Å². The van der Waals surface area contributed by atoms with Crippen LogP contribution < -0.4 is 5.32 Å². The van der Waals surface area contributed by atoms with Crippen LogP contribution in [-0.4, -0.2) is 19.0 Å². The van der Waals surface area contributed by atoms with Crippen LogP contribution in [-0.2, 0) is 10.3 Å². The minimum Gasteiger partial charge on any atom is -0.465 e. The number of hydrogen-bond acceptors (Lipinski definition) is 3. The molecule has 27 heavy (non-hydrogen) atoms. The second-order valence-electron chi connectivity index (χ2n) is 6.38. The third-order valence-electron chi connectivity index (χ3n) is 4.61. The highest BCUT2D eigenvalue weighted by Gasteiger charge is 2.31. The number of amides is 1. The van der Waals surface area contributed by atoms with Gasteiger partial charge in [-0.2, -0.15) is 0 Å². The molecule has 4 nitrogen and oxygen atoms in total. The molecule has 0 fully saturated rings. The van der Waals surface area contributed by atoms with Gasteiger partial charge >= 0.3 is 5.97 Å². The smallest absolute Gasteiger partial charge is 0.337 e. The SMILES string of the molecule is COC(=O)c1cccc(C(=O)NC(C)(c2ccccc2)c2ccccc2)c1. The Morgan fingerprint density at radius 3 is 1.81 bits per heavy atom. The quantitative estimate of drug-likeness (QED) is 0.696. The first kappa shape index (κ1) is 18.4. The predicted octanol–water partition coefficient (Wildman–Crippen LogP) is 4.17. The summed E-state index contributed by atoms with van der Waals surface area (Å²) in [5.74, 6) is -0.741. The highest BCUT2D eigenvalue weighted by atomic mass is 16.5. The lowest BCUT2D eigenvalue weighted by molar-refractivity contribution is 0.0600. The standard InChI is InChI=1S/C23H21NO3/c1-23(19-12-5-3-6-13-19,20-14-7-4-8-15-20)24-21(25)17-10-9-11-18(16-17)22(26)27-2/h3-16H,1-2H3,(H,24,25). The van der Waals surface area contributed by atoms with Crippen molar-refractivity contribution in [2.75, 3.05) is 7.11 Å². The zero-order valence-corrected chi connectivity index (χ0v) is 15.3. The minimum atomic E-state index is -0.721. The van der Waals surface area contributed by atoms with Crippen LogP contribution in [0.2, 0.25) is 0 Å². The average Bonchev–Trinajstić information content (AvgIpc) is 2.74. The molecule has 0 aliphatic heterocycles. The van der Waals surface area contributed by atoms with Gasteiger partial charge in [-0.15, -0.1) is 0 Å². The van der Waals surface area contributed by atoms with E-state index in [1.165, 1.54) is 13.2 Å². The molecule has 136 valence electrons. The van der Waals surface area contributed by atoms with Crippen molar-refractivity contribution in [3.05, 3.63) is 107 Å². The van der Waals surface area contributed by atoms with Gasteiger partial charge in [-0.25, -0.2) is 4.79 Å². The summed E-state index contributed by atoms with van der Waals surface area (Å²) < 4.78 is 4.74. The molecule has 3 aromatic carbocycles. The highest BCUT2D eigenvalue weighted by molar-refractivity contribution is 5.98. The Labute approximate surface area is 158 Å². The van der Waals surface area contributed by atoms with E-state index in [-0.39, 0.29) is 5.91 Å². The zero-order valence-electron chi connectivity index (χ0n) is 15.3. The molecule has 0 aromatic heterocycles. The lowest BCUT2D eigenvalue weighted by atomic mass is 9.84. The van der Waals surface area contributed by atoms with Gasteiger partial charge in [-0.05, 0) is 36.2 Å². The Bertz CT molecular complexity index is 897. The normalized spacial score (nSPS) is 10.9. The van der Waals surface area contributed by atoms with E-state index < -0.39 is 11.5 Å². The number of ether oxygens (including phenoxy) is 1. The van der Waals surface area contributed by atoms with Gasteiger partial charge in [-0.3, -0.25) is 4.79 Å². The molecule has 1 N–H and O–H groups in total. The molecule has 0 atom stereocenters. The van der Waals surface area contributed by atoms with Gasteiger partial charge in [0.15, 0.2) is 0 Å². The lowest BCUT2D eigenvalue weighted by Crippen LogP contribution is -2.44. The van der Waals surface area contributed by atoms with Crippen molar-refractivity contribution in [1.29, 1.82) is 0 Å². The molecule has 3 rings (SSSR count). The van der Waals surface area contributed by atoms with Crippen LogP contribution >= 0.6 is 0 Å². The van der Waals surface area contributed by atoms with Crippen LogP contribution in [0.15, 0.2) is 84.9 Å². The van der Waals surface area contributed by atoms with Crippen molar-refractivity contribution in [1.82, 2.24) is 5.32 Å². The molecule has 0 aliphatic carbocycles. The molecule has 0 saturated carbocycles. The number of nitrogens with one attached hydrogen (secondary N) is 1. The van der Waals surface area contributed by atoms with Crippen LogP contribution in [0.25, 0.3) is 0 Å². The topological polar surface area (TPSA) is 55.4 Å². The van der Waals surface area contributed by atoms with Gasteiger partial charge in [0.05, 0.1) is 18.2 Å². The predicted molar refractivity (Wildman–Crippen MR) is 105 cm³/mol. The van der Waals surface area contributed by atoms with Crippen molar-refractivity contribution in [3.8, 4) is 0 Å². The summed E-state index contributed by atoms with van der Waals surface area (Å²) in [7, 11) is 1.32. The van der Waals surface area contributed by atoms with Gasteiger partial charge in [0, 0.05) is 5.56 Å². The van der Waals surface area contributed by atoms with Crippen LogP contribution in [0.1, 0.15) is 38.8 Å². The fraction of sp³-hybridized carbons (Fsp3) is 0.130. The Hall–Kier alpha value is -3.40. The molecular weight excluding hydrogens is 338 g/mol. The maximum Gasteiger partial charge on any atom is 0.337 e. The molecule has 0 bridgehead atoms. The number of rotatable bonds is 5. The molecule has 0 spiro atoms. The van der Waals surface area contributed by atoms with Crippen molar-refractivity contribution in [3.63, 3.8) is 0 Å². The lowest BCUT2D eigenvalue weighted by Gasteiger charge is -2.32. The van der Waals surface area contributed by atoms with Crippen molar-refractivity contribution < 1.29 is 14.3 Å². The van der Waals surface area contributed by atoms with Gasteiger partial charge in [-0.1, -0.05) is 66.7 Å². The summed E-state index contributed by atoms with van der Waals surface area (Å²) in [6.07, 6.45) is 0. The van der Waals surface area contributed by atoms with E-state index >= 15 is 0 Å². The van der Waals surface area contributed by atoms with E-state index in [1.807, 2.05) is 67.6 Å². The molecule has 1 amide bonds. The fourth-order valence-corrected chi connectivity index (χ4v) is 3.06. The first-order chi connectivity index (χ1) is 13.0. The Morgan fingerprint density at radius 2 is 1.30 bits per heavy atom. The monoisotopic (exact) mass is 359 g/mol. The van der Waals surface area contributed by atoms with Crippen molar-refractivity contribution in [2.24, 2.45) is 0 Å². The first-order valence-electron chi connectivity index (χ1n) is 8.66. The summed E-state index contributed by atoms with van der Waals surface area (Å²) in [4.78, 5) is 24.8. The first-order valence-corrected chi connectivity index (χ1v) is 8.66. The van der Waals surface area contributed by atoms with Crippen LogP contribution in [0, 0.1) is 0 Å². The molecule has 0 heterocycles. The molecule has 0 saturated heterocycles. The number of benzene rings is 3. The molecule has 0 radical (unpaired) electrons. The average molecular weight is 359 g/mol. The van der Waals surface area contributed by atoms with E-state index in [0.717, 1.165) is 11.1 Å². The molecule has 0 aliphatic rings. The van der Waals surface area contributed by atoms with E-state index in [2.05, 4.69) is 5.32 Å². The second kappa shape index (κ2) is 7.87. The van der Waals surface area contributed by atoms with E-state index in [9.17, 15) is 9.59 Å². The fourth-order valence-electron chi connectivity index (χ4n) is 3.06. The minimum absolute atomic E-state index is 0.268. The summed E-state index contributed by atoms with van der Waals surface area (Å²) in [6, 6.07) is 26.1. The van der Waals surface area contributed by atoms with Gasteiger partial charge in [0.2, 0.25) is 0 Å². The third-order valence-corrected chi connectivity index (χ3v) is 4.61. The summed E-state index contributed by atoms with van der Waals surface area (Å²) in [5, 5.41) is 3.14. The number of hydrogen-bond donors (Lipinski definition) is 1. The van der Waals surface area contributed by atoms with E-state index in [0.29, 0.717) is 11.1 Å². The zero-order chi connectivity index (χ0) is 19.3. The highest BCUT2D eigenvalue weighted by Crippen LogP contribution is 2.29. The van der Waals surface area contributed by atoms with Crippen LogP contribution in [0.3, 0.4) is 0 Å². The molecule has 4 heteroatoms. The number of esters is 1. The number of carbonyl (C=O) groups excluding carboxylic acids is 2. The van der Waals surface area contributed by atoms with E-state index in [4.69, 9.17) is 4.74 Å². The maximum absolute atomic E-state index is 13.0. The second-order valence-corrected chi connectivity index (χ2v) is 6.38. The Balaban J connectivity index is 1.98. The van der Waals surface area contributed by atoms with Gasteiger partial charge in [0.1, 0.15) is 0 Å². The summed E-state index contributed by atoms with van der Waals surface area (Å²) >= 11 is 0. The van der Waals surface area contributed by atoms with Gasteiger partial charge < -0.3 is 10.1 Å². The largest absolute Gasteiger partial charge is 0.465 e. The number of carbonyl (C=O) groups is 2. The van der Waals surface area contributed by atoms with Gasteiger partial charge in [0.25, 0.3) is 5.91 Å². The molecule has 3 aromatic rings. The van der Waals surface area contributed by atoms with Crippen LogP contribution in [0.4, 0.5) is 0 Å². The summed E-state index contributed by atoms with van der Waals surface area (Å²) in [5.41, 5.74) is 1.95. The molecule has 0 unspecified atom stereocenters. The Morgan fingerprint density at radius 1 is 0.778 bits per heavy atom. The van der Waals surface area contributed by atoms with Crippen molar-refractivity contribution in [2.45, 2.75) is 12.5 Å². The Kier molecular flexibility index (Phi) is 5.36. The maximum atomic E-state index is 13.0.